The second-order valence-electron chi connectivity index (χ2n) is 5.73. The van der Waals surface area contributed by atoms with Gasteiger partial charge in [0.1, 0.15) is 0 Å². The molecule has 0 saturated heterocycles. The van der Waals surface area contributed by atoms with Crippen molar-refractivity contribution in [1.29, 1.82) is 0 Å². The van der Waals surface area contributed by atoms with Crippen molar-refractivity contribution in [3.8, 4) is 0 Å². The Kier molecular flexibility index (Phi) is 4.68. The Morgan fingerprint density at radius 3 is 2.70 bits per heavy atom. The quantitative estimate of drug-likeness (QED) is 0.751. The number of benzene rings is 2. The summed E-state index contributed by atoms with van der Waals surface area (Å²) >= 11 is 6.09. The summed E-state index contributed by atoms with van der Waals surface area (Å²) < 4.78 is 0. The van der Waals surface area contributed by atoms with Crippen LogP contribution in [0, 0.1) is 0 Å². The van der Waals surface area contributed by atoms with Crippen LogP contribution < -0.4 is 5.11 Å². The van der Waals surface area contributed by atoms with Gasteiger partial charge in [-0.25, -0.2) is 0 Å². The highest BCUT2D eigenvalue weighted by molar-refractivity contribution is 6.31. The Bertz CT molecular complexity index is 811. The largest absolute Gasteiger partial charge is 0.550 e. The van der Waals surface area contributed by atoms with E-state index < -0.39 is 5.97 Å². The Hall–Kier alpha value is -2.26. The highest BCUT2D eigenvalue weighted by atomic mass is 35.5. The van der Waals surface area contributed by atoms with Crippen molar-refractivity contribution < 1.29 is 9.90 Å². The van der Waals surface area contributed by atoms with Gasteiger partial charge in [0, 0.05) is 28.1 Å². The van der Waals surface area contributed by atoms with Crippen LogP contribution in [0.2, 0.25) is 5.02 Å². The lowest BCUT2D eigenvalue weighted by Crippen LogP contribution is -2.24. The fourth-order valence-electron chi connectivity index (χ4n) is 3.01. The van der Waals surface area contributed by atoms with E-state index in [-0.39, 0.29) is 12.3 Å². The molecule has 3 aromatic rings. The predicted molar refractivity (Wildman–Crippen MR) is 90.4 cm³/mol. The molecular formula is C19H17ClNO2-. The van der Waals surface area contributed by atoms with Crippen LogP contribution in [-0.2, 0) is 11.2 Å². The highest BCUT2D eigenvalue weighted by Crippen LogP contribution is 2.32. The molecule has 0 fully saturated rings. The molecule has 3 rings (SSSR count). The number of carboxylic acids is 1. The van der Waals surface area contributed by atoms with E-state index in [0.717, 1.165) is 29.3 Å². The number of fused-ring (bicyclic) bond motifs is 1. The van der Waals surface area contributed by atoms with Crippen LogP contribution in [0.3, 0.4) is 0 Å². The molecule has 0 unspecified atom stereocenters. The fraction of sp³-hybridized carbons (Fsp3) is 0.211. The minimum Gasteiger partial charge on any atom is -0.550 e. The average Bonchev–Trinajstić information content (AvgIpc) is 2.95. The number of aromatic nitrogens is 1. The fourth-order valence-corrected chi connectivity index (χ4v) is 3.18. The number of carbonyl (C=O) groups is 1. The molecule has 4 heteroatoms. The summed E-state index contributed by atoms with van der Waals surface area (Å²) in [5.74, 6) is -1.13. The zero-order chi connectivity index (χ0) is 16.2. The zero-order valence-electron chi connectivity index (χ0n) is 12.6. The van der Waals surface area contributed by atoms with Crippen LogP contribution in [0.15, 0.2) is 54.7 Å². The Balaban J connectivity index is 1.88. The van der Waals surface area contributed by atoms with E-state index in [9.17, 15) is 9.90 Å². The normalized spacial score (nSPS) is 12.4. The molecular weight excluding hydrogens is 310 g/mol. The van der Waals surface area contributed by atoms with Crippen molar-refractivity contribution in [2.45, 2.75) is 25.2 Å². The summed E-state index contributed by atoms with van der Waals surface area (Å²) in [6.45, 7) is 0. The van der Waals surface area contributed by atoms with E-state index in [1.54, 1.807) is 0 Å². The van der Waals surface area contributed by atoms with Gasteiger partial charge in [-0.2, -0.15) is 0 Å². The third kappa shape index (κ3) is 3.74. The molecule has 0 bridgehead atoms. The van der Waals surface area contributed by atoms with E-state index in [2.05, 4.69) is 17.1 Å². The first kappa shape index (κ1) is 15.6. The molecule has 118 valence electrons. The Labute approximate surface area is 139 Å². The first-order valence-corrected chi connectivity index (χ1v) is 8.01. The Morgan fingerprint density at radius 2 is 1.96 bits per heavy atom. The minimum atomic E-state index is -1.03. The number of carbonyl (C=O) groups excluding carboxylic acids is 1. The smallest absolute Gasteiger partial charge is 0.0457 e. The van der Waals surface area contributed by atoms with Crippen LogP contribution in [0.4, 0.5) is 0 Å². The number of H-pyrrole nitrogens is 1. The number of aryl methyl sites for hydroxylation is 1. The number of nitrogens with one attached hydrogen (secondary N) is 1. The molecule has 3 nitrogen and oxygen atoms in total. The van der Waals surface area contributed by atoms with Crippen LogP contribution in [0.25, 0.3) is 10.9 Å². The number of aromatic amines is 1. The monoisotopic (exact) mass is 326 g/mol. The van der Waals surface area contributed by atoms with Crippen LogP contribution in [0.5, 0.6) is 0 Å². The molecule has 23 heavy (non-hydrogen) atoms. The molecule has 2 aromatic carbocycles. The molecule has 0 aliphatic carbocycles. The van der Waals surface area contributed by atoms with Crippen molar-refractivity contribution in [3.05, 3.63) is 70.9 Å². The molecule has 1 aromatic heterocycles. The number of aliphatic carboxylic acids is 1. The summed E-state index contributed by atoms with van der Waals surface area (Å²) in [4.78, 5) is 14.4. The number of hydrogen-bond donors (Lipinski definition) is 1. The maximum absolute atomic E-state index is 11.2. The maximum atomic E-state index is 11.2. The van der Waals surface area contributed by atoms with Crippen molar-refractivity contribution in [2.75, 3.05) is 0 Å². The van der Waals surface area contributed by atoms with Gasteiger partial charge in [0.25, 0.3) is 0 Å². The lowest BCUT2D eigenvalue weighted by Gasteiger charge is -2.17. The van der Waals surface area contributed by atoms with Crippen molar-refractivity contribution in [2.24, 2.45) is 0 Å². The van der Waals surface area contributed by atoms with Crippen LogP contribution >= 0.6 is 11.6 Å². The standard InChI is InChI=1S/C19H18ClNO2/c20-15-8-9-18-16(11-15)17(12-21-18)14(10-19(22)23)7-6-13-4-2-1-3-5-13/h1-5,8-9,11-12,14,21H,6-7,10H2,(H,22,23)/p-1/t14-/m0/s1. The van der Waals surface area contributed by atoms with Gasteiger partial charge in [0.05, 0.1) is 0 Å². The van der Waals surface area contributed by atoms with Gasteiger partial charge in [0.2, 0.25) is 0 Å². The number of rotatable bonds is 6. The second kappa shape index (κ2) is 6.88. The third-order valence-electron chi connectivity index (χ3n) is 4.15. The van der Waals surface area contributed by atoms with Gasteiger partial charge in [0.15, 0.2) is 0 Å². The maximum Gasteiger partial charge on any atom is 0.0457 e. The van der Waals surface area contributed by atoms with E-state index in [0.29, 0.717) is 5.02 Å². The van der Waals surface area contributed by atoms with Gasteiger partial charge in [-0.15, -0.1) is 0 Å². The number of hydrogen-bond acceptors (Lipinski definition) is 2. The van der Waals surface area contributed by atoms with Crippen LogP contribution in [-0.4, -0.2) is 11.0 Å². The minimum absolute atomic E-state index is 0.00625. The third-order valence-corrected chi connectivity index (χ3v) is 4.39. The number of halogens is 1. The van der Waals surface area contributed by atoms with E-state index >= 15 is 0 Å². The van der Waals surface area contributed by atoms with Crippen LogP contribution in [0.1, 0.15) is 29.9 Å². The van der Waals surface area contributed by atoms with Crippen molar-refractivity contribution in [1.82, 2.24) is 4.98 Å². The van der Waals surface area contributed by atoms with Gasteiger partial charge in [-0.3, -0.25) is 0 Å². The topological polar surface area (TPSA) is 55.9 Å². The number of carboxylic acid groups (broad SMARTS) is 1. The highest BCUT2D eigenvalue weighted by Gasteiger charge is 2.17. The van der Waals surface area contributed by atoms with E-state index in [4.69, 9.17) is 11.6 Å². The lowest BCUT2D eigenvalue weighted by atomic mass is 9.89. The molecule has 1 atom stereocenters. The molecule has 0 saturated carbocycles. The first-order valence-electron chi connectivity index (χ1n) is 7.64. The molecule has 0 amide bonds. The summed E-state index contributed by atoms with van der Waals surface area (Å²) in [7, 11) is 0. The lowest BCUT2D eigenvalue weighted by molar-refractivity contribution is -0.306. The molecule has 1 N–H and O–H groups in total. The molecule has 0 aliphatic heterocycles. The SMILES string of the molecule is O=C([O-])C[C@H](CCc1ccccc1)c1c[nH]c2ccc(Cl)cc12. The first-order chi connectivity index (χ1) is 11.1. The summed E-state index contributed by atoms with van der Waals surface area (Å²) in [6, 6.07) is 15.7. The average molecular weight is 327 g/mol. The van der Waals surface area contributed by atoms with Gasteiger partial charge < -0.3 is 14.9 Å². The van der Waals surface area contributed by atoms with Gasteiger partial charge in [-0.05, 0) is 54.5 Å². The van der Waals surface area contributed by atoms with Gasteiger partial charge >= 0.3 is 0 Å². The molecule has 1 heterocycles. The summed E-state index contributed by atoms with van der Waals surface area (Å²) in [5.41, 5.74) is 3.16. The summed E-state index contributed by atoms with van der Waals surface area (Å²) in [5, 5.41) is 12.8. The van der Waals surface area contributed by atoms with Gasteiger partial charge in [-0.1, -0.05) is 41.9 Å². The molecule has 0 aliphatic rings. The molecule has 0 spiro atoms. The van der Waals surface area contributed by atoms with Crippen molar-refractivity contribution >= 4 is 28.5 Å². The van der Waals surface area contributed by atoms with Crippen molar-refractivity contribution in [3.63, 3.8) is 0 Å². The zero-order valence-corrected chi connectivity index (χ0v) is 13.3. The second-order valence-corrected chi connectivity index (χ2v) is 6.17. The van der Waals surface area contributed by atoms with E-state index in [1.807, 2.05) is 42.6 Å². The predicted octanol–water partition coefficient (Wildman–Crippen LogP) is 3.68. The molecule has 0 radical (unpaired) electrons. The summed E-state index contributed by atoms with van der Waals surface area (Å²) in [6.07, 6.45) is 3.47. The Morgan fingerprint density at radius 1 is 1.17 bits per heavy atom. The van der Waals surface area contributed by atoms with E-state index in [1.165, 1.54) is 5.56 Å².